The predicted molar refractivity (Wildman–Crippen MR) is 101 cm³/mol. The molecule has 1 saturated heterocycles. The van der Waals surface area contributed by atoms with Crippen molar-refractivity contribution in [2.24, 2.45) is 0 Å². The number of nitrogens with zero attached hydrogens (tertiary/aromatic N) is 3. The lowest BCUT2D eigenvalue weighted by atomic mass is 9.90. The third-order valence-electron chi connectivity index (χ3n) is 5.10. The highest BCUT2D eigenvalue weighted by atomic mass is 32.1. The summed E-state index contributed by atoms with van der Waals surface area (Å²) in [4.78, 5) is 7.11. The minimum atomic E-state index is -0.465. The van der Waals surface area contributed by atoms with Crippen LogP contribution in [0.4, 0.5) is 0 Å². The molecule has 0 unspecified atom stereocenters. The van der Waals surface area contributed by atoms with Crippen LogP contribution in [0.2, 0.25) is 0 Å². The number of thiophene rings is 1. The fraction of sp³-hybridized carbons (Fsp3) is 0.400. The second kappa shape index (κ2) is 7.70. The Labute approximate surface area is 157 Å². The van der Waals surface area contributed by atoms with Crippen molar-refractivity contribution in [3.8, 4) is 0 Å². The van der Waals surface area contributed by atoms with E-state index < -0.39 is 5.60 Å². The first kappa shape index (κ1) is 17.4. The molecule has 3 aromatic rings. The van der Waals surface area contributed by atoms with Gasteiger partial charge in [-0.1, -0.05) is 35.5 Å². The van der Waals surface area contributed by atoms with Gasteiger partial charge >= 0.3 is 0 Å². The van der Waals surface area contributed by atoms with Crippen LogP contribution >= 0.6 is 11.3 Å². The predicted octanol–water partition coefficient (Wildman–Crippen LogP) is 3.86. The van der Waals surface area contributed by atoms with E-state index in [9.17, 15) is 0 Å². The number of hydrogen-bond acceptors (Lipinski definition) is 6. The van der Waals surface area contributed by atoms with Crippen molar-refractivity contribution in [3.05, 3.63) is 70.0 Å². The van der Waals surface area contributed by atoms with Gasteiger partial charge in [0.25, 0.3) is 5.89 Å². The van der Waals surface area contributed by atoms with Gasteiger partial charge < -0.3 is 9.26 Å². The summed E-state index contributed by atoms with van der Waals surface area (Å²) >= 11 is 1.75. The molecule has 0 N–H and O–H groups in total. The third kappa shape index (κ3) is 3.72. The molecule has 4 rings (SSSR count). The van der Waals surface area contributed by atoms with Gasteiger partial charge in [0.2, 0.25) is 0 Å². The zero-order valence-corrected chi connectivity index (χ0v) is 15.7. The molecule has 0 bridgehead atoms. The topological polar surface area (TPSA) is 51.4 Å². The molecular weight excluding hydrogens is 346 g/mol. The molecule has 0 radical (unpaired) electrons. The van der Waals surface area contributed by atoms with Gasteiger partial charge in [-0.25, -0.2) is 0 Å². The van der Waals surface area contributed by atoms with Crippen LogP contribution in [0, 0.1) is 0 Å². The number of piperidine rings is 1. The Morgan fingerprint density at radius 2 is 1.96 bits per heavy atom. The van der Waals surface area contributed by atoms with Crippen LogP contribution in [0.3, 0.4) is 0 Å². The van der Waals surface area contributed by atoms with Crippen molar-refractivity contribution in [2.75, 3.05) is 20.2 Å². The first-order valence-corrected chi connectivity index (χ1v) is 9.87. The van der Waals surface area contributed by atoms with Gasteiger partial charge in [0.05, 0.1) is 0 Å². The van der Waals surface area contributed by atoms with Crippen molar-refractivity contribution in [2.45, 2.75) is 31.4 Å². The van der Waals surface area contributed by atoms with Crippen LogP contribution in [0.5, 0.6) is 0 Å². The Morgan fingerprint density at radius 1 is 1.15 bits per heavy atom. The average Bonchev–Trinajstić information content (AvgIpc) is 3.36. The van der Waals surface area contributed by atoms with Gasteiger partial charge in [-0.05, 0) is 40.8 Å². The van der Waals surface area contributed by atoms with Crippen molar-refractivity contribution in [1.82, 2.24) is 15.0 Å². The highest BCUT2D eigenvalue weighted by Crippen LogP contribution is 2.35. The third-order valence-corrected chi connectivity index (χ3v) is 5.84. The Kier molecular flexibility index (Phi) is 5.15. The van der Waals surface area contributed by atoms with E-state index in [0.717, 1.165) is 32.5 Å². The maximum absolute atomic E-state index is 5.89. The van der Waals surface area contributed by atoms with Gasteiger partial charge in [0.15, 0.2) is 5.82 Å². The fourth-order valence-electron chi connectivity index (χ4n) is 3.51. The van der Waals surface area contributed by atoms with Crippen LogP contribution in [-0.2, 0) is 23.3 Å². The van der Waals surface area contributed by atoms with Crippen LogP contribution in [0.15, 0.2) is 51.7 Å². The SMILES string of the molecule is COC1(c2nc(Cc3ccccc3)no2)CCN(Cc2ccsc2)CC1. The molecule has 1 aliphatic heterocycles. The molecule has 0 amide bonds. The summed E-state index contributed by atoms with van der Waals surface area (Å²) in [5.74, 6) is 1.32. The molecule has 2 aromatic heterocycles. The lowest BCUT2D eigenvalue weighted by molar-refractivity contribution is -0.0838. The normalized spacial score (nSPS) is 17.4. The van der Waals surface area contributed by atoms with Gasteiger partial charge in [0, 0.05) is 33.2 Å². The molecule has 136 valence electrons. The Morgan fingerprint density at radius 3 is 2.65 bits per heavy atom. The van der Waals surface area contributed by atoms with Gasteiger partial charge in [-0.2, -0.15) is 16.3 Å². The number of likely N-dealkylation sites (tertiary alicyclic amines) is 1. The van der Waals surface area contributed by atoms with E-state index in [1.54, 1.807) is 18.4 Å². The lowest BCUT2D eigenvalue weighted by Gasteiger charge is -2.38. The molecule has 0 saturated carbocycles. The molecule has 3 heterocycles. The molecule has 6 heteroatoms. The zero-order chi connectivity index (χ0) is 17.8. The second-order valence-corrected chi connectivity index (χ2v) is 7.56. The van der Waals surface area contributed by atoms with E-state index >= 15 is 0 Å². The summed E-state index contributed by atoms with van der Waals surface area (Å²) in [6.07, 6.45) is 2.40. The number of aromatic nitrogens is 2. The van der Waals surface area contributed by atoms with E-state index in [4.69, 9.17) is 9.26 Å². The maximum atomic E-state index is 5.89. The summed E-state index contributed by atoms with van der Waals surface area (Å²) in [5, 5.41) is 8.53. The highest BCUT2D eigenvalue weighted by molar-refractivity contribution is 7.07. The number of ether oxygens (including phenoxy) is 1. The summed E-state index contributed by atoms with van der Waals surface area (Å²) in [5.41, 5.74) is 2.09. The summed E-state index contributed by atoms with van der Waals surface area (Å²) in [6, 6.07) is 12.4. The number of hydrogen-bond donors (Lipinski definition) is 0. The molecule has 1 aromatic carbocycles. The van der Waals surface area contributed by atoms with Crippen LogP contribution in [0.1, 0.15) is 35.7 Å². The molecule has 5 nitrogen and oxygen atoms in total. The molecule has 0 aliphatic carbocycles. The van der Waals surface area contributed by atoms with Crippen molar-refractivity contribution < 1.29 is 9.26 Å². The minimum absolute atomic E-state index is 0.465. The minimum Gasteiger partial charge on any atom is -0.368 e. The Hall–Kier alpha value is -2.02. The average molecular weight is 369 g/mol. The fourth-order valence-corrected chi connectivity index (χ4v) is 4.17. The molecular formula is C20H23N3O2S. The van der Waals surface area contributed by atoms with E-state index in [1.807, 2.05) is 18.2 Å². The molecule has 1 aliphatic rings. The Balaban J connectivity index is 1.42. The molecule has 0 atom stereocenters. The van der Waals surface area contributed by atoms with Crippen LogP contribution < -0.4 is 0 Å². The van der Waals surface area contributed by atoms with Gasteiger partial charge in [-0.3, -0.25) is 4.90 Å². The Bertz CT molecular complexity index is 809. The quantitative estimate of drug-likeness (QED) is 0.660. The number of benzene rings is 1. The molecule has 1 fully saturated rings. The van der Waals surface area contributed by atoms with Crippen molar-refractivity contribution in [1.29, 1.82) is 0 Å². The van der Waals surface area contributed by atoms with E-state index in [0.29, 0.717) is 18.1 Å². The van der Waals surface area contributed by atoms with E-state index in [1.165, 1.54) is 11.1 Å². The first-order valence-electron chi connectivity index (χ1n) is 8.93. The molecule has 26 heavy (non-hydrogen) atoms. The second-order valence-electron chi connectivity index (χ2n) is 6.78. The molecule has 0 spiro atoms. The van der Waals surface area contributed by atoms with Gasteiger partial charge in [-0.15, -0.1) is 0 Å². The van der Waals surface area contributed by atoms with Gasteiger partial charge in [0.1, 0.15) is 5.60 Å². The first-order chi connectivity index (χ1) is 12.8. The summed E-state index contributed by atoms with van der Waals surface area (Å²) in [7, 11) is 1.75. The lowest BCUT2D eigenvalue weighted by Crippen LogP contribution is -2.43. The summed E-state index contributed by atoms with van der Waals surface area (Å²) < 4.78 is 11.5. The van der Waals surface area contributed by atoms with Crippen molar-refractivity contribution in [3.63, 3.8) is 0 Å². The van der Waals surface area contributed by atoms with Crippen LogP contribution in [0.25, 0.3) is 0 Å². The number of rotatable bonds is 6. The van der Waals surface area contributed by atoms with E-state index in [2.05, 4.69) is 44.0 Å². The highest BCUT2D eigenvalue weighted by Gasteiger charge is 2.41. The largest absolute Gasteiger partial charge is 0.368 e. The maximum Gasteiger partial charge on any atom is 0.258 e. The number of methoxy groups -OCH3 is 1. The van der Waals surface area contributed by atoms with Crippen LogP contribution in [-0.4, -0.2) is 35.2 Å². The van der Waals surface area contributed by atoms with Crippen molar-refractivity contribution >= 4 is 11.3 Å². The standard InChI is InChI=1S/C20H23N3O2S/c1-24-20(8-10-23(11-9-20)14-17-7-12-26-15-17)19-21-18(22-25-19)13-16-5-3-2-4-6-16/h2-7,12,15H,8-11,13-14H2,1H3. The summed E-state index contributed by atoms with van der Waals surface area (Å²) in [6.45, 7) is 2.91. The zero-order valence-electron chi connectivity index (χ0n) is 14.9. The van der Waals surface area contributed by atoms with E-state index in [-0.39, 0.29) is 0 Å². The smallest absolute Gasteiger partial charge is 0.258 e. The monoisotopic (exact) mass is 369 g/mol.